The summed E-state index contributed by atoms with van der Waals surface area (Å²) in [5.74, 6) is -17.6. The number of hydrogen-bond donors (Lipinski definition) is 0. The Kier molecular flexibility index (Phi) is 6.81. The summed E-state index contributed by atoms with van der Waals surface area (Å²) in [5, 5.41) is 0. The molecule has 18 heavy (non-hydrogen) atoms. The zero-order valence-corrected chi connectivity index (χ0v) is 10.2. The molecule has 0 aliphatic heterocycles. The van der Waals surface area contributed by atoms with Crippen LogP contribution in [0.25, 0.3) is 0 Å². The summed E-state index contributed by atoms with van der Waals surface area (Å²) < 4.78 is 85.1. The quantitative estimate of drug-likeness (QED) is 0.420. The predicted molar refractivity (Wildman–Crippen MR) is 40.9 cm³/mol. The van der Waals surface area contributed by atoms with Crippen molar-refractivity contribution < 1.29 is 62.7 Å². The second kappa shape index (κ2) is 6.16. The van der Waals surface area contributed by atoms with Gasteiger partial charge in [-0.05, 0) is 6.42 Å². The topological polar surface area (TPSA) is 34.1 Å². The number of rotatable bonds is 5. The van der Waals surface area contributed by atoms with E-state index in [-0.39, 0.29) is 28.8 Å². The maximum Gasteiger partial charge on any atom is 0.461 e. The molecule has 111 valence electrons. The van der Waals surface area contributed by atoms with Gasteiger partial charge < -0.3 is 0 Å². The molecule has 10 heteroatoms. The van der Waals surface area contributed by atoms with Gasteiger partial charge in [0.05, 0.1) is 0 Å². The van der Waals surface area contributed by atoms with Crippen LogP contribution in [0.5, 0.6) is 0 Å². The minimum Gasteiger partial charge on any atom is -0.292 e. The zero-order valence-electron chi connectivity index (χ0n) is 8.68. The Morgan fingerprint density at radius 2 is 1.33 bits per heavy atom. The molecule has 0 aromatic rings. The van der Waals surface area contributed by atoms with Crippen LogP contribution in [0.2, 0.25) is 0 Å². The summed E-state index contributed by atoms with van der Waals surface area (Å²) in [6, 6.07) is 0. The van der Waals surface area contributed by atoms with Gasteiger partial charge in [0, 0.05) is 28.8 Å². The van der Waals surface area contributed by atoms with Gasteiger partial charge in [-0.25, -0.2) is 0 Å². The first-order chi connectivity index (χ1) is 7.39. The molecule has 0 bridgehead atoms. The van der Waals surface area contributed by atoms with Gasteiger partial charge in [-0.2, -0.15) is 30.7 Å². The van der Waals surface area contributed by atoms with Gasteiger partial charge in [0.2, 0.25) is 5.78 Å². The Hall–Kier alpha value is -0.410. The van der Waals surface area contributed by atoms with Crippen molar-refractivity contribution in [3.8, 4) is 0 Å². The van der Waals surface area contributed by atoms with Crippen LogP contribution in [0.3, 0.4) is 0 Å². The molecule has 0 saturated heterocycles. The molecule has 0 aliphatic carbocycles. The summed E-state index contributed by atoms with van der Waals surface area (Å²) >= 11 is 0. The summed E-state index contributed by atoms with van der Waals surface area (Å²) in [5.41, 5.74) is 0. The number of carbonyl (C=O) groups is 2. The van der Waals surface area contributed by atoms with Crippen molar-refractivity contribution in [1.82, 2.24) is 0 Å². The van der Waals surface area contributed by atoms with E-state index in [1.807, 2.05) is 0 Å². The summed E-state index contributed by atoms with van der Waals surface area (Å²) in [6.07, 6.45) is -7.63. The molecular formula is C8H7AgF7O2. The van der Waals surface area contributed by atoms with Crippen molar-refractivity contribution in [3.63, 3.8) is 0 Å². The zero-order chi connectivity index (χ0) is 14.1. The van der Waals surface area contributed by atoms with E-state index in [0.717, 1.165) is 0 Å². The fraction of sp³-hybridized carbons (Fsp3) is 0.750. The van der Waals surface area contributed by atoms with Gasteiger partial charge in [-0.1, -0.05) is 6.92 Å². The summed E-state index contributed by atoms with van der Waals surface area (Å²) in [4.78, 5) is 21.0. The largest absolute Gasteiger partial charge is 0.461 e. The van der Waals surface area contributed by atoms with Crippen molar-refractivity contribution in [2.45, 2.75) is 37.8 Å². The van der Waals surface area contributed by atoms with Crippen LogP contribution >= 0.6 is 0 Å². The van der Waals surface area contributed by atoms with Crippen molar-refractivity contribution in [3.05, 3.63) is 0 Å². The number of alkyl halides is 7. The molecule has 1 radical (unpaired) electrons. The smallest absolute Gasteiger partial charge is 0.292 e. The van der Waals surface area contributed by atoms with Gasteiger partial charge in [0.15, 0.2) is 0 Å². The van der Waals surface area contributed by atoms with Crippen LogP contribution in [0.1, 0.15) is 19.8 Å². The van der Waals surface area contributed by atoms with E-state index in [9.17, 15) is 40.3 Å². The monoisotopic (exact) mass is 375 g/mol. The van der Waals surface area contributed by atoms with E-state index in [1.165, 1.54) is 6.92 Å². The number of carbonyl (C=O) groups excluding carboxylic acids is 2. The van der Waals surface area contributed by atoms with Gasteiger partial charge in [-0.3, -0.25) is 9.59 Å². The molecule has 0 aromatic carbocycles. The minimum atomic E-state index is -6.46. The molecule has 0 N–H and O–H groups in total. The predicted octanol–water partition coefficient (Wildman–Crippen LogP) is 2.76. The van der Waals surface area contributed by atoms with Gasteiger partial charge in [0.1, 0.15) is 0 Å². The molecule has 0 spiro atoms. The van der Waals surface area contributed by atoms with Gasteiger partial charge in [0.25, 0.3) is 5.78 Å². The van der Waals surface area contributed by atoms with Crippen molar-refractivity contribution in [2.75, 3.05) is 0 Å². The number of hydrogen-bond acceptors (Lipinski definition) is 2. The second-order valence-electron chi connectivity index (χ2n) is 3.15. The standard InChI is InChI=1S/C8H7F7O2.Ag/c1-2-3-4(16)6(9,10)5(17)7(11,12)8(13,14)15;/h2-3H2,1H3;. The molecular weight excluding hydrogens is 369 g/mol. The molecule has 0 amide bonds. The number of ketones is 2. The Bertz CT molecular complexity index is 324. The maximum atomic E-state index is 12.7. The summed E-state index contributed by atoms with van der Waals surface area (Å²) in [6.45, 7) is 1.22. The molecule has 0 aromatic heterocycles. The van der Waals surface area contributed by atoms with Crippen LogP contribution in [0.15, 0.2) is 0 Å². The van der Waals surface area contributed by atoms with Crippen LogP contribution in [0.4, 0.5) is 30.7 Å². The Labute approximate surface area is 112 Å². The number of Topliss-reactive ketones (excluding diaryl/α,β-unsaturated/α-hetero) is 2. The maximum absolute atomic E-state index is 12.7. The molecule has 0 atom stereocenters. The third-order valence-electron chi connectivity index (χ3n) is 1.75. The average Bonchev–Trinajstić information content (AvgIpc) is 2.15. The van der Waals surface area contributed by atoms with Gasteiger partial charge >= 0.3 is 18.0 Å². The van der Waals surface area contributed by atoms with E-state index in [1.54, 1.807) is 0 Å². The van der Waals surface area contributed by atoms with Crippen LogP contribution in [0, 0.1) is 0 Å². The van der Waals surface area contributed by atoms with E-state index in [2.05, 4.69) is 0 Å². The molecule has 0 rings (SSSR count). The fourth-order valence-corrected chi connectivity index (χ4v) is 0.837. The Morgan fingerprint density at radius 1 is 0.944 bits per heavy atom. The van der Waals surface area contributed by atoms with E-state index in [4.69, 9.17) is 0 Å². The first kappa shape index (κ1) is 19.9. The first-order valence-corrected chi connectivity index (χ1v) is 4.29. The molecule has 2 nitrogen and oxygen atoms in total. The Morgan fingerprint density at radius 3 is 1.61 bits per heavy atom. The van der Waals surface area contributed by atoms with E-state index in [0.29, 0.717) is 0 Å². The van der Waals surface area contributed by atoms with Crippen molar-refractivity contribution >= 4 is 11.6 Å². The SMILES string of the molecule is CCCC(=O)C(F)(F)C(=O)C(F)(F)C(F)(F)F.[Ag]. The Balaban J connectivity index is 0. The average molecular weight is 376 g/mol. The molecule has 0 unspecified atom stereocenters. The summed E-state index contributed by atoms with van der Waals surface area (Å²) in [7, 11) is 0. The fourth-order valence-electron chi connectivity index (χ4n) is 0.837. The second-order valence-corrected chi connectivity index (χ2v) is 3.15. The molecule has 0 fully saturated rings. The minimum absolute atomic E-state index is 0. The van der Waals surface area contributed by atoms with Crippen LogP contribution in [-0.2, 0) is 32.0 Å². The third kappa shape index (κ3) is 3.79. The third-order valence-corrected chi connectivity index (χ3v) is 1.75. The van der Waals surface area contributed by atoms with E-state index < -0.39 is 36.0 Å². The van der Waals surface area contributed by atoms with Crippen molar-refractivity contribution in [1.29, 1.82) is 0 Å². The van der Waals surface area contributed by atoms with E-state index >= 15 is 0 Å². The van der Waals surface area contributed by atoms with Gasteiger partial charge in [-0.15, -0.1) is 0 Å². The molecule has 0 aliphatic rings. The van der Waals surface area contributed by atoms with Crippen molar-refractivity contribution in [2.24, 2.45) is 0 Å². The van der Waals surface area contributed by atoms with Crippen LogP contribution < -0.4 is 0 Å². The molecule has 0 heterocycles. The molecule has 0 saturated carbocycles. The first-order valence-electron chi connectivity index (χ1n) is 4.29. The van der Waals surface area contributed by atoms with Crippen LogP contribution in [-0.4, -0.2) is 29.6 Å². The normalized spacial score (nSPS) is 12.9. The number of halogens is 7.